The fourth-order valence-electron chi connectivity index (χ4n) is 3.58. The minimum absolute atomic E-state index is 0.00494. The standard InChI is InChI=1S/C17H19ClN6O/c1-22-8-12(15-7-19-10-23(15)2)14(9-22)21-17(25)11-6-20-24-5-3-4-13(18)16(11)24/h3-7,10,12,14H,8-9H2,1-2H3,(H,21,25)/t12-,14-/m1/s1. The van der Waals surface area contributed by atoms with Gasteiger partial charge in [0.15, 0.2) is 0 Å². The summed E-state index contributed by atoms with van der Waals surface area (Å²) in [7, 11) is 4.03. The topological polar surface area (TPSA) is 67.5 Å². The first-order valence-electron chi connectivity index (χ1n) is 8.12. The number of nitrogens with zero attached hydrogens (tertiary/aromatic N) is 5. The summed E-state index contributed by atoms with van der Waals surface area (Å²) in [6.45, 7) is 1.66. The molecule has 0 radical (unpaired) electrons. The SMILES string of the molecule is CN1C[C@@H](NC(=O)c2cnn3cccc(Cl)c23)[C@H](c2cncn2C)C1. The normalized spacial score (nSPS) is 21.1. The van der Waals surface area contributed by atoms with Gasteiger partial charge in [-0.3, -0.25) is 4.79 Å². The number of hydrogen-bond donors (Lipinski definition) is 1. The van der Waals surface area contributed by atoms with E-state index in [-0.39, 0.29) is 17.9 Å². The number of likely N-dealkylation sites (N-methyl/N-ethyl adjacent to an activating group) is 1. The van der Waals surface area contributed by atoms with Crippen molar-refractivity contribution in [2.75, 3.05) is 20.1 Å². The molecule has 0 bridgehead atoms. The third kappa shape index (κ3) is 2.79. The summed E-state index contributed by atoms with van der Waals surface area (Å²) in [6.07, 6.45) is 7.00. The Morgan fingerprint density at radius 1 is 1.32 bits per heavy atom. The number of hydrogen-bond acceptors (Lipinski definition) is 4. The highest BCUT2D eigenvalue weighted by molar-refractivity contribution is 6.34. The Morgan fingerprint density at radius 3 is 2.92 bits per heavy atom. The van der Waals surface area contributed by atoms with Gasteiger partial charge in [-0.2, -0.15) is 5.10 Å². The Kier molecular flexibility index (Phi) is 3.97. The molecule has 1 fully saturated rings. The van der Waals surface area contributed by atoms with Crippen molar-refractivity contribution in [1.29, 1.82) is 0 Å². The molecule has 0 aromatic carbocycles. The summed E-state index contributed by atoms with van der Waals surface area (Å²) in [5, 5.41) is 7.89. The smallest absolute Gasteiger partial charge is 0.255 e. The molecule has 2 atom stereocenters. The van der Waals surface area contributed by atoms with Crippen LogP contribution in [-0.2, 0) is 7.05 Å². The first kappa shape index (κ1) is 16.1. The molecule has 7 nitrogen and oxygen atoms in total. The maximum atomic E-state index is 12.9. The van der Waals surface area contributed by atoms with Crippen LogP contribution in [0.15, 0.2) is 37.1 Å². The van der Waals surface area contributed by atoms with E-state index < -0.39 is 0 Å². The minimum Gasteiger partial charge on any atom is -0.347 e. The number of imidazole rings is 1. The second-order valence-electron chi connectivity index (χ2n) is 6.54. The summed E-state index contributed by atoms with van der Waals surface area (Å²) in [5.41, 5.74) is 2.24. The molecule has 1 amide bonds. The lowest BCUT2D eigenvalue weighted by Crippen LogP contribution is -2.40. The molecular formula is C17H19ClN6O. The van der Waals surface area contributed by atoms with Gasteiger partial charge in [0.1, 0.15) is 0 Å². The number of aromatic nitrogens is 4. The van der Waals surface area contributed by atoms with Crippen molar-refractivity contribution < 1.29 is 4.79 Å². The second-order valence-corrected chi connectivity index (χ2v) is 6.95. The number of carbonyl (C=O) groups is 1. The third-order valence-electron chi connectivity index (χ3n) is 4.79. The zero-order chi connectivity index (χ0) is 17.6. The van der Waals surface area contributed by atoms with Crippen LogP contribution in [0.1, 0.15) is 22.0 Å². The van der Waals surface area contributed by atoms with Crippen LogP contribution in [0.25, 0.3) is 5.52 Å². The van der Waals surface area contributed by atoms with Gasteiger partial charge in [-0.05, 0) is 19.2 Å². The van der Waals surface area contributed by atoms with Gasteiger partial charge in [-0.25, -0.2) is 9.50 Å². The van der Waals surface area contributed by atoms with Crippen molar-refractivity contribution in [2.24, 2.45) is 7.05 Å². The molecule has 0 unspecified atom stereocenters. The van der Waals surface area contributed by atoms with Crippen LogP contribution < -0.4 is 5.32 Å². The average molecular weight is 359 g/mol. The van der Waals surface area contributed by atoms with Gasteiger partial charge in [0.2, 0.25) is 0 Å². The van der Waals surface area contributed by atoms with Gasteiger partial charge in [0, 0.05) is 44.1 Å². The van der Waals surface area contributed by atoms with E-state index in [9.17, 15) is 4.79 Å². The lowest BCUT2D eigenvalue weighted by Gasteiger charge is -2.20. The van der Waals surface area contributed by atoms with Gasteiger partial charge >= 0.3 is 0 Å². The van der Waals surface area contributed by atoms with Crippen molar-refractivity contribution in [1.82, 2.24) is 29.4 Å². The molecule has 0 saturated carbocycles. The van der Waals surface area contributed by atoms with Gasteiger partial charge in [-0.1, -0.05) is 11.6 Å². The van der Waals surface area contributed by atoms with Crippen LogP contribution in [0.3, 0.4) is 0 Å². The number of likely N-dealkylation sites (tertiary alicyclic amines) is 1. The average Bonchev–Trinajstić information content (AvgIpc) is 3.26. The number of fused-ring (bicyclic) bond motifs is 1. The van der Waals surface area contributed by atoms with Crippen LogP contribution in [0.2, 0.25) is 5.02 Å². The Bertz CT molecular complexity index is 932. The van der Waals surface area contributed by atoms with E-state index in [2.05, 4.69) is 27.3 Å². The van der Waals surface area contributed by atoms with E-state index in [1.807, 2.05) is 17.8 Å². The van der Waals surface area contributed by atoms with Crippen molar-refractivity contribution in [2.45, 2.75) is 12.0 Å². The maximum Gasteiger partial charge on any atom is 0.255 e. The first-order valence-corrected chi connectivity index (χ1v) is 8.50. The first-order chi connectivity index (χ1) is 12.0. The number of carbonyl (C=O) groups excluding carboxylic acids is 1. The van der Waals surface area contributed by atoms with Gasteiger partial charge in [-0.15, -0.1) is 0 Å². The highest BCUT2D eigenvalue weighted by Crippen LogP contribution is 2.27. The zero-order valence-corrected chi connectivity index (χ0v) is 14.8. The molecule has 25 heavy (non-hydrogen) atoms. The van der Waals surface area contributed by atoms with E-state index in [4.69, 9.17) is 11.6 Å². The van der Waals surface area contributed by atoms with Crippen LogP contribution in [-0.4, -0.2) is 56.2 Å². The molecule has 130 valence electrons. The maximum absolute atomic E-state index is 12.9. The van der Waals surface area contributed by atoms with Gasteiger partial charge in [0.05, 0.1) is 34.7 Å². The van der Waals surface area contributed by atoms with Crippen LogP contribution in [0.5, 0.6) is 0 Å². The summed E-state index contributed by atoms with van der Waals surface area (Å²) >= 11 is 6.26. The molecule has 0 spiro atoms. The van der Waals surface area contributed by atoms with E-state index in [0.717, 1.165) is 18.8 Å². The monoisotopic (exact) mass is 358 g/mol. The molecule has 3 aromatic rings. The molecular weight excluding hydrogens is 340 g/mol. The molecule has 8 heteroatoms. The number of rotatable bonds is 3. The zero-order valence-electron chi connectivity index (χ0n) is 14.1. The van der Waals surface area contributed by atoms with Crippen molar-refractivity contribution in [3.05, 3.63) is 53.3 Å². The Morgan fingerprint density at radius 2 is 2.16 bits per heavy atom. The van der Waals surface area contributed by atoms with Gasteiger partial charge < -0.3 is 14.8 Å². The molecule has 1 saturated heterocycles. The Hall–Kier alpha value is -2.38. The molecule has 1 N–H and O–H groups in total. The second kappa shape index (κ2) is 6.16. The van der Waals surface area contributed by atoms with Gasteiger partial charge in [0.25, 0.3) is 5.91 Å². The number of amides is 1. The molecule has 4 heterocycles. The van der Waals surface area contributed by atoms with Crippen molar-refractivity contribution in [3.63, 3.8) is 0 Å². The van der Waals surface area contributed by atoms with E-state index in [0.29, 0.717) is 16.1 Å². The molecule has 0 aliphatic carbocycles. The predicted molar refractivity (Wildman–Crippen MR) is 94.9 cm³/mol. The third-order valence-corrected chi connectivity index (χ3v) is 5.09. The van der Waals surface area contributed by atoms with E-state index in [1.54, 1.807) is 35.4 Å². The van der Waals surface area contributed by atoms with Crippen LogP contribution >= 0.6 is 11.6 Å². The molecule has 3 aromatic heterocycles. The Balaban J connectivity index is 1.62. The van der Waals surface area contributed by atoms with E-state index in [1.165, 1.54) is 0 Å². The number of aryl methyl sites for hydroxylation is 1. The van der Waals surface area contributed by atoms with Crippen LogP contribution in [0.4, 0.5) is 0 Å². The fraction of sp³-hybridized carbons (Fsp3) is 0.353. The van der Waals surface area contributed by atoms with Crippen molar-refractivity contribution >= 4 is 23.0 Å². The van der Waals surface area contributed by atoms with Crippen LogP contribution in [0, 0.1) is 0 Å². The number of nitrogens with one attached hydrogen (secondary N) is 1. The summed E-state index contributed by atoms with van der Waals surface area (Å²) in [6, 6.07) is 3.57. The highest BCUT2D eigenvalue weighted by Gasteiger charge is 2.35. The summed E-state index contributed by atoms with van der Waals surface area (Å²) in [4.78, 5) is 19.3. The van der Waals surface area contributed by atoms with Crippen molar-refractivity contribution in [3.8, 4) is 0 Å². The predicted octanol–water partition coefficient (Wildman–Crippen LogP) is 1.55. The quantitative estimate of drug-likeness (QED) is 0.771. The number of halogens is 1. The lowest BCUT2D eigenvalue weighted by molar-refractivity contribution is 0.0937. The molecule has 4 rings (SSSR count). The number of pyridine rings is 1. The molecule has 1 aliphatic heterocycles. The lowest BCUT2D eigenvalue weighted by atomic mass is 9.99. The Labute approximate surface area is 150 Å². The summed E-state index contributed by atoms with van der Waals surface area (Å²) in [5.74, 6) is 0.0364. The summed E-state index contributed by atoms with van der Waals surface area (Å²) < 4.78 is 3.63. The molecule has 1 aliphatic rings. The highest BCUT2D eigenvalue weighted by atomic mass is 35.5. The minimum atomic E-state index is -0.157. The van der Waals surface area contributed by atoms with E-state index >= 15 is 0 Å². The fourth-order valence-corrected chi connectivity index (χ4v) is 3.85. The largest absolute Gasteiger partial charge is 0.347 e.